The van der Waals surface area contributed by atoms with Gasteiger partial charge in [-0.2, -0.15) is 4.98 Å². The van der Waals surface area contributed by atoms with Gasteiger partial charge in [0, 0.05) is 5.41 Å². The maximum atomic E-state index is 12.7. The molecule has 0 fully saturated rings. The largest absolute Gasteiger partial charge is 0.495 e. The third kappa shape index (κ3) is 3.47. The van der Waals surface area contributed by atoms with E-state index in [0.29, 0.717) is 28.1 Å². The van der Waals surface area contributed by atoms with E-state index in [-0.39, 0.29) is 11.2 Å². The molecular weight excluding hydrogens is 304 g/mol. The molecule has 0 spiro atoms. The van der Waals surface area contributed by atoms with Crippen molar-refractivity contribution < 1.29 is 18.2 Å². The van der Waals surface area contributed by atoms with Crippen molar-refractivity contribution in [2.24, 2.45) is 0 Å². The van der Waals surface area contributed by atoms with Crippen molar-refractivity contribution in [1.82, 2.24) is 10.1 Å². The highest BCUT2D eigenvalue weighted by Gasteiger charge is 2.23. The van der Waals surface area contributed by atoms with Gasteiger partial charge >= 0.3 is 0 Å². The maximum absolute atomic E-state index is 12.7. The van der Waals surface area contributed by atoms with Crippen LogP contribution < -0.4 is 9.47 Å². The zero-order valence-electron chi connectivity index (χ0n) is 13.4. The highest BCUT2D eigenvalue weighted by molar-refractivity contribution is 7.84. The summed E-state index contributed by atoms with van der Waals surface area (Å²) in [5.74, 6) is 2.05. The van der Waals surface area contributed by atoms with Gasteiger partial charge < -0.3 is 14.0 Å². The lowest BCUT2D eigenvalue weighted by Gasteiger charge is -2.12. The fourth-order valence-electron chi connectivity index (χ4n) is 1.84. The van der Waals surface area contributed by atoms with Crippen molar-refractivity contribution in [3.05, 3.63) is 29.9 Å². The molecule has 120 valence electrons. The summed E-state index contributed by atoms with van der Waals surface area (Å²) in [5.41, 5.74) is -0.217. The van der Waals surface area contributed by atoms with Gasteiger partial charge in [-0.1, -0.05) is 32.0 Å². The summed E-state index contributed by atoms with van der Waals surface area (Å²) in [6.07, 6.45) is 0. The van der Waals surface area contributed by atoms with Crippen molar-refractivity contribution in [2.45, 2.75) is 36.8 Å². The van der Waals surface area contributed by atoms with Gasteiger partial charge in [-0.05, 0) is 12.1 Å². The Morgan fingerprint density at radius 3 is 2.23 bits per heavy atom. The summed E-state index contributed by atoms with van der Waals surface area (Å²) in [4.78, 5) is 4.79. The molecule has 1 aromatic carbocycles. The van der Waals surface area contributed by atoms with Gasteiger partial charge in [0.2, 0.25) is 5.89 Å². The summed E-state index contributed by atoms with van der Waals surface area (Å²) in [6.45, 7) is 5.96. The molecule has 1 atom stereocenters. The van der Waals surface area contributed by atoms with Crippen LogP contribution in [-0.2, 0) is 22.0 Å². The SMILES string of the molecule is COc1cccc(OC)c1[S@@](=O)Cc1nc(C(C)(C)C)no1. The predicted octanol–water partition coefficient (Wildman–Crippen LogP) is 2.69. The van der Waals surface area contributed by atoms with E-state index in [1.54, 1.807) is 18.2 Å². The molecule has 0 aliphatic rings. The first-order valence-corrected chi connectivity index (χ1v) is 8.11. The topological polar surface area (TPSA) is 74.5 Å². The van der Waals surface area contributed by atoms with Crippen LogP contribution in [0.25, 0.3) is 0 Å². The minimum atomic E-state index is -1.42. The summed E-state index contributed by atoms with van der Waals surface area (Å²) in [5, 5.41) is 3.94. The molecular formula is C15H20N2O4S. The standard InChI is InChI=1S/C15H20N2O4S/c1-15(2,3)14-16-12(21-17-14)9-22(18)13-10(19-4)7-6-8-11(13)20-5/h6-8H,9H2,1-5H3/t22-/m0/s1. The molecule has 0 radical (unpaired) electrons. The Hall–Kier alpha value is -1.89. The Balaban J connectivity index is 2.28. The molecule has 0 unspecified atom stereocenters. The first-order chi connectivity index (χ1) is 10.4. The Bertz CT molecular complexity index is 654. The van der Waals surface area contributed by atoms with E-state index in [1.165, 1.54) is 14.2 Å². The highest BCUT2D eigenvalue weighted by Crippen LogP contribution is 2.32. The smallest absolute Gasteiger partial charge is 0.239 e. The molecule has 0 N–H and O–H groups in total. The number of methoxy groups -OCH3 is 2. The molecule has 22 heavy (non-hydrogen) atoms. The monoisotopic (exact) mass is 324 g/mol. The lowest BCUT2D eigenvalue weighted by atomic mass is 9.96. The van der Waals surface area contributed by atoms with Crippen LogP contribution >= 0.6 is 0 Å². The van der Waals surface area contributed by atoms with Crippen LogP contribution in [0.2, 0.25) is 0 Å². The fourth-order valence-corrected chi connectivity index (χ4v) is 3.08. The van der Waals surface area contributed by atoms with Crippen molar-refractivity contribution in [1.29, 1.82) is 0 Å². The van der Waals surface area contributed by atoms with Gasteiger partial charge in [0.15, 0.2) is 5.82 Å². The van der Waals surface area contributed by atoms with Crippen LogP contribution in [-0.4, -0.2) is 28.6 Å². The number of ether oxygens (including phenoxy) is 2. The summed E-state index contributed by atoms with van der Waals surface area (Å²) < 4.78 is 28.4. The minimum absolute atomic E-state index is 0.111. The number of nitrogens with zero attached hydrogens (tertiary/aromatic N) is 2. The second kappa shape index (κ2) is 6.48. The zero-order chi connectivity index (χ0) is 16.3. The number of hydrogen-bond acceptors (Lipinski definition) is 6. The van der Waals surface area contributed by atoms with Crippen molar-refractivity contribution >= 4 is 10.8 Å². The third-order valence-corrected chi connectivity index (χ3v) is 4.37. The average Bonchev–Trinajstić information content (AvgIpc) is 2.94. The van der Waals surface area contributed by atoms with Gasteiger partial charge in [-0.15, -0.1) is 0 Å². The number of aromatic nitrogens is 2. The Morgan fingerprint density at radius 1 is 1.18 bits per heavy atom. The quantitative estimate of drug-likeness (QED) is 0.842. The van der Waals surface area contributed by atoms with Crippen LogP contribution in [0.4, 0.5) is 0 Å². The normalized spacial score (nSPS) is 13.0. The summed E-state index contributed by atoms with van der Waals surface area (Å²) in [6, 6.07) is 5.26. The van der Waals surface area contributed by atoms with Crippen LogP contribution in [0.3, 0.4) is 0 Å². The van der Waals surface area contributed by atoms with E-state index in [0.717, 1.165) is 0 Å². The Kier molecular flexibility index (Phi) is 4.85. The third-order valence-electron chi connectivity index (χ3n) is 3.00. The van der Waals surface area contributed by atoms with Gasteiger partial charge in [0.1, 0.15) is 22.1 Å². The molecule has 0 amide bonds. The van der Waals surface area contributed by atoms with Crippen molar-refractivity contribution in [3.8, 4) is 11.5 Å². The van der Waals surface area contributed by atoms with Crippen LogP contribution in [0.15, 0.2) is 27.6 Å². The predicted molar refractivity (Wildman–Crippen MR) is 82.7 cm³/mol. The van der Waals surface area contributed by atoms with Gasteiger partial charge in [-0.3, -0.25) is 4.21 Å². The van der Waals surface area contributed by atoms with E-state index in [1.807, 2.05) is 20.8 Å². The second-order valence-corrected chi connectivity index (χ2v) is 7.13. The molecule has 1 heterocycles. The Labute approximate surface area is 132 Å². The highest BCUT2D eigenvalue weighted by atomic mass is 32.2. The molecule has 0 saturated heterocycles. The molecule has 0 saturated carbocycles. The number of benzene rings is 1. The van der Waals surface area contributed by atoms with Gasteiger partial charge in [0.05, 0.1) is 25.0 Å². The summed E-state index contributed by atoms with van der Waals surface area (Å²) in [7, 11) is 1.64. The van der Waals surface area contributed by atoms with Crippen molar-refractivity contribution in [2.75, 3.05) is 14.2 Å². The van der Waals surface area contributed by atoms with E-state index < -0.39 is 10.8 Å². The fraction of sp³-hybridized carbons (Fsp3) is 0.467. The van der Waals surface area contributed by atoms with Gasteiger partial charge in [-0.25, -0.2) is 0 Å². The van der Waals surface area contributed by atoms with Crippen LogP contribution in [0.5, 0.6) is 11.5 Å². The molecule has 2 rings (SSSR count). The molecule has 1 aromatic heterocycles. The second-order valence-electron chi connectivity index (χ2n) is 5.74. The van der Waals surface area contributed by atoms with E-state index >= 15 is 0 Å². The van der Waals surface area contributed by atoms with Crippen LogP contribution in [0, 0.1) is 0 Å². The molecule has 6 nitrogen and oxygen atoms in total. The molecule has 0 aliphatic carbocycles. The van der Waals surface area contributed by atoms with E-state index in [2.05, 4.69) is 10.1 Å². The first kappa shape index (κ1) is 16.5. The van der Waals surface area contributed by atoms with Crippen molar-refractivity contribution in [3.63, 3.8) is 0 Å². The molecule has 2 aromatic rings. The van der Waals surface area contributed by atoms with E-state index in [4.69, 9.17) is 14.0 Å². The molecule has 7 heteroatoms. The average molecular weight is 324 g/mol. The first-order valence-electron chi connectivity index (χ1n) is 6.79. The summed E-state index contributed by atoms with van der Waals surface area (Å²) >= 11 is 0. The Morgan fingerprint density at radius 2 is 1.77 bits per heavy atom. The van der Waals surface area contributed by atoms with Gasteiger partial charge in [0.25, 0.3) is 0 Å². The lowest BCUT2D eigenvalue weighted by Crippen LogP contribution is -2.13. The minimum Gasteiger partial charge on any atom is -0.495 e. The molecule has 0 bridgehead atoms. The zero-order valence-corrected chi connectivity index (χ0v) is 14.2. The molecule has 0 aliphatic heterocycles. The number of rotatable bonds is 5. The van der Waals surface area contributed by atoms with E-state index in [9.17, 15) is 4.21 Å². The maximum Gasteiger partial charge on any atom is 0.239 e. The lowest BCUT2D eigenvalue weighted by molar-refractivity contribution is 0.369. The number of hydrogen-bond donors (Lipinski definition) is 0. The van der Waals surface area contributed by atoms with Crippen LogP contribution in [0.1, 0.15) is 32.5 Å².